The molecule has 11 heteroatoms. The fraction of sp³-hybridized carbons (Fsp3) is 0.630. The average Bonchev–Trinajstić information content (AvgIpc) is 3.15. The number of hydrogen-bond acceptors (Lipinski definition) is 4. The van der Waals surface area contributed by atoms with Crippen LogP contribution in [0.25, 0.3) is 5.57 Å². The molecule has 1 heterocycles. The summed E-state index contributed by atoms with van der Waals surface area (Å²) in [6.45, 7) is 7.18. The van der Waals surface area contributed by atoms with Crippen molar-refractivity contribution in [3.05, 3.63) is 47.8 Å². The Kier molecular flexibility index (Phi) is 7.03. The first kappa shape index (κ1) is 28.9. The number of ether oxygens (including phenoxy) is 2. The molecule has 0 amide bonds. The Morgan fingerprint density at radius 1 is 1.03 bits per heavy atom. The molecule has 4 nitrogen and oxygen atoms in total. The molecule has 4 unspecified atom stereocenters. The minimum absolute atomic E-state index is 0.0332. The molecule has 4 aliphatic rings. The quantitative estimate of drug-likeness (QED) is 0.158. The Hall–Kier alpha value is -2.09. The minimum atomic E-state index is -10.7. The number of allylic oxidation sites excluding steroid dienone is 3. The fourth-order valence-corrected chi connectivity index (χ4v) is 7.55. The van der Waals surface area contributed by atoms with Crippen molar-refractivity contribution in [2.45, 2.75) is 71.8 Å². The van der Waals surface area contributed by atoms with E-state index in [1.54, 1.807) is 0 Å². The second-order valence-electron chi connectivity index (χ2n) is 11.4. The van der Waals surface area contributed by atoms with Crippen molar-refractivity contribution in [3.8, 4) is 0 Å². The Morgan fingerprint density at radius 2 is 1.71 bits per heavy atom. The first-order chi connectivity index (χ1) is 17.4. The predicted octanol–water partition coefficient (Wildman–Crippen LogP) is 9.96. The van der Waals surface area contributed by atoms with Crippen LogP contribution in [0.15, 0.2) is 42.3 Å². The van der Waals surface area contributed by atoms with Crippen molar-refractivity contribution < 1.29 is 39.4 Å². The van der Waals surface area contributed by atoms with Gasteiger partial charge < -0.3 is 9.47 Å². The Morgan fingerprint density at radius 3 is 2.34 bits per heavy atom. The van der Waals surface area contributed by atoms with Gasteiger partial charge in [-0.05, 0) is 91.2 Å². The average molecular weight is 567 g/mol. The van der Waals surface area contributed by atoms with Crippen molar-refractivity contribution >= 4 is 19.5 Å². The Labute approximate surface area is 219 Å². The molecule has 0 saturated heterocycles. The maximum absolute atomic E-state index is 11.8. The SMILES string of the molecule is CCOC(=O)OC1CC[C@@]2(C)C(=CCC3C2CC[C@]2(C)C(c4cccnc4)=CCC32)C1.F[P-](F)(F)(F)(F)F. The summed E-state index contributed by atoms with van der Waals surface area (Å²) < 4.78 is 69.8. The van der Waals surface area contributed by atoms with Gasteiger partial charge in [0, 0.05) is 18.8 Å². The van der Waals surface area contributed by atoms with Crippen molar-refractivity contribution in [3.63, 3.8) is 0 Å². The molecule has 6 atom stereocenters. The third kappa shape index (κ3) is 6.54. The van der Waals surface area contributed by atoms with E-state index >= 15 is 0 Å². The molecule has 4 aliphatic carbocycles. The Bertz CT molecular complexity index is 1110. The molecule has 0 aliphatic heterocycles. The van der Waals surface area contributed by atoms with Gasteiger partial charge in [-0.15, -0.1) is 0 Å². The summed E-state index contributed by atoms with van der Waals surface area (Å²) in [6.07, 6.45) is 16.2. The first-order valence-corrected chi connectivity index (χ1v) is 15.1. The molecule has 5 rings (SSSR count). The summed E-state index contributed by atoms with van der Waals surface area (Å²) in [7, 11) is -10.7. The second-order valence-corrected chi connectivity index (χ2v) is 13.4. The molecule has 1 aromatic heterocycles. The number of hydrogen-bond donors (Lipinski definition) is 0. The van der Waals surface area contributed by atoms with Crippen LogP contribution in [0.3, 0.4) is 0 Å². The molecule has 38 heavy (non-hydrogen) atoms. The van der Waals surface area contributed by atoms with Crippen molar-refractivity contribution in [1.29, 1.82) is 0 Å². The Balaban J connectivity index is 0.000000426. The van der Waals surface area contributed by atoms with Gasteiger partial charge in [-0.2, -0.15) is 0 Å². The standard InChI is InChI=1S/C27H35NO3.F6P/c1-4-30-25(29)31-20-11-13-26(2)19(16-20)7-8-21-23-10-9-22(18-6-5-15-28-17-18)27(23,3)14-12-24(21)26;1-7(2,3,4,5)6/h5-7,9,15,17,20-21,23-24H,4,8,10-14,16H2,1-3H3;/q;-1/t20?,21?,23?,24?,26-,27+;/m0./s1. The summed E-state index contributed by atoms with van der Waals surface area (Å²) in [5, 5.41) is 0. The van der Waals surface area contributed by atoms with E-state index in [-0.39, 0.29) is 16.9 Å². The molecule has 0 spiro atoms. The number of halogens is 6. The maximum atomic E-state index is 11.8. The van der Waals surface area contributed by atoms with Crippen LogP contribution in [0.2, 0.25) is 0 Å². The summed E-state index contributed by atoms with van der Waals surface area (Å²) >= 11 is 0. The van der Waals surface area contributed by atoms with Gasteiger partial charge in [0.05, 0.1) is 6.61 Å². The number of aromatic nitrogens is 1. The van der Waals surface area contributed by atoms with Gasteiger partial charge in [-0.25, -0.2) is 4.79 Å². The number of carbonyl (C=O) groups excluding carboxylic acids is 1. The van der Waals surface area contributed by atoms with E-state index in [9.17, 15) is 30.0 Å². The van der Waals surface area contributed by atoms with Crippen LogP contribution in [-0.4, -0.2) is 23.9 Å². The van der Waals surface area contributed by atoms with Crippen LogP contribution >= 0.6 is 7.81 Å². The zero-order valence-electron chi connectivity index (χ0n) is 21.8. The zero-order valence-corrected chi connectivity index (χ0v) is 22.7. The molecule has 2 saturated carbocycles. The molecule has 0 N–H and O–H groups in total. The van der Waals surface area contributed by atoms with E-state index in [0.717, 1.165) is 37.5 Å². The van der Waals surface area contributed by atoms with Crippen LogP contribution in [0.5, 0.6) is 0 Å². The predicted molar refractivity (Wildman–Crippen MR) is 135 cm³/mol. The van der Waals surface area contributed by atoms with E-state index < -0.39 is 14.0 Å². The molecule has 2 fully saturated rings. The number of fused-ring (bicyclic) bond motifs is 5. The van der Waals surface area contributed by atoms with Crippen LogP contribution in [0.1, 0.15) is 71.3 Å². The third-order valence-corrected chi connectivity index (χ3v) is 9.14. The van der Waals surface area contributed by atoms with Gasteiger partial charge in [-0.3, -0.25) is 4.98 Å². The van der Waals surface area contributed by atoms with Gasteiger partial charge in [0.2, 0.25) is 0 Å². The van der Waals surface area contributed by atoms with Crippen LogP contribution in [-0.2, 0) is 9.47 Å². The van der Waals surface area contributed by atoms with Gasteiger partial charge in [0.15, 0.2) is 0 Å². The van der Waals surface area contributed by atoms with Gasteiger partial charge >= 0.3 is 39.1 Å². The van der Waals surface area contributed by atoms with Crippen LogP contribution < -0.4 is 0 Å². The molecular weight excluding hydrogens is 531 g/mol. The molecular formula is C27H35F6NO3P-. The second kappa shape index (κ2) is 9.24. The number of nitrogens with zero attached hydrogens (tertiary/aromatic N) is 1. The summed E-state index contributed by atoms with van der Waals surface area (Å²) in [6, 6.07) is 4.29. The number of rotatable bonds is 3. The van der Waals surface area contributed by atoms with Crippen LogP contribution in [0.4, 0.5) is 30.0 Å². The summed E-state index contributed by atoms with van der Waals surface area (Å²) in [5.74, 6) is 2.18. The third-order valence-electron chi connectivity index (χ3n) is 9.14. The van der Waals surface area contributed by atoms with E-state index in [2.05, 4.69) is 43.1 Å². The fourth-order valence-electron chi connectivity index (χ4n) is 7.55. The van der Waals surface area contributed by atoms with Crippen molar-refractivity contribution in [2.75, 3.05) is 6.61 Å². The summed E-state index contributed by atoms with van der Waals surface area (Å²) in [4.78, 5) is 16.2. The van der Waals surface area contributed by atoms with Crippen molar-refractivity contribution in [2.24, 2.45) is 28.6 Å². The molecule has 0 aromatic carbocycles. The van der Waals surface area contributed by atoms with Gasteiger partial charge in [0.1, 0.15) is 6.10 Å². The van der Waals surface area contributed by atoms with E-state index in [4.69, 9.17) is 9.47 Å². The molecule has 214 valence electrons. The van der Waals surface area contributed by atoms with Crippen LogP contribution in [0, 0.1) is 28.6 Å². The van der Waals surface area contributed by atoms with E-state index in [1.807, 2.05) is 19.3 Å². The normalized spacial score (nSPS) is 35.9. The van der Waals surface area contributed by atoms with Crippen molar-refractivity contribution in [1.82, 2.24) is 4.98 Å². The van der Waals surface area contributed by atoms with E-state index in [0.29, 0.717) is 12.5 Å². The van der Waals surface area contributed by atoms with E-state index in [1.165, 1.54) is 36.0 Å². The molecule has 0 radical (unpaired) electrons. The molecule has 0 bridgehead atoms. The topological polar surface area (TPSA) is 48.4 Å². The molecule has 1 aromatic rings. The first-order valence-electron chi connectivity index (χ1n) is 13.1. The monoisotopic (exact) mass is 566 g/mol. The summed E-state index contributed by atoms with van der Waals surface area (Å²) in [5.41, 5.74) is 4.86. The zero-order chi connectivity index (χ0) is 28.0. The number of carbonyl (C=O) groups is 1. The van der Waals surface area contributed by atoms with Gasteiger partial charge in [-0.1, -0.05) is 37.6 Å². The number of pyridine rings is 1. The van der Waals surface area contributed by atoms with Gasteiger partial charge in [0.25, 0.3) is 0 Å².